The van der Waals surface area contributed by atoms with Crippen molar-refractivity contribution < 1.29 is 37.4 Å². The Morgan fingerprint density at radius 1 is 1.00 bits per heavy atom. The largest absolute Gasteiger partial charge is 0.472 e. The van der Waals surface area contributed by atoms with Crippen LogP contribution in [-0.4, -0.2) is 82.7 Å². The maximum atomic E-state index is 14.4. The Morgan fingerprint density at radius 2 is 1.71 bits per heavy atom. The second-order valence-corrected chi connectivity index (χ2v) is 16.6. The second kappa shape index (κ2) is 13.4. The summed E-state index contributed by atoms with van der Waals surface area (Å²) in [5, 5.41) is 17.0. The van der Waals surface area contributed by atoms with Crippen LogP contribution in [0, 0.1) is 17.8 Å². The number of hydrogen-bond acceptors (Lipinski definition) is 8. The van der Waals surface area contributed by atoms with Crippen LogP contribution in [0.4, 0.5) is 4.79 Å². The number of ether oxygens (including phenoxy) is 1. The predicted octanol–water partition coefficient (Wildman–Crippen LogP) is 3.87. The first-order valence-electron chi connectivity index (χ1n) is 17.6. The third-order valence-corrected chi connectivity index (χ3v) is 12.6. The lowest BCUT2D eigenvalue weighted by Crippen LogP contribution is -2.59. The number of sulfonamides is 1. The quantitative estimate of drug-likeness (QED) is 0.217. The van der Waals surface area contributed by atoms with Gasteiger partial charge in [0.15, 0.2) is 0 Å². The summed E-state index contributed by atoms with van der Waals surface area (Å²) in [5.74, 6) is -2.40. The average molecular weight is 718 g/mol. The standard InChI is InChI=1S/C37H43N5O8S/c1-21-9-3-4-10-23-19-37(23,35(45)41-51(48,49)25-15-16-25)40-32(43)30-18-24(20-42(30)34(44)31(22(2)17-21)39-36(46)47)50-33-28-13-6-5-11-26(28)27-12-7-8-14-29(27)38-33/h4-8,10-14,21-25,30-31,39H,3,9,15-20H2,1-2H3,(H,40,43)(H,41,45)(H,46,47)/b10-4-/t21-,22+,23+,24+,30-,31-,37+/m0/s1. The van der Waals surface area contributed by atoms with E-state index < -0.39 is 74.7 Å². The highest BCUT2D eigenvalue weighted by molar-refractivity contribution is 7.91. The molecule has 13 nitrogen and oxygen atoms in total. The Labute approximate surface area is 296 Å². The first kappa shape index (κ1) is 34.7. The number of nitrogens with zero attached hydrogens (tertiary/aromatic N) is 2. The molecule has 2 aromatic carbocycles. The lowest BCUT2D eigenvalue weighted by Gasteiger charge is -2.32. The monoisotopic (exact) mass is 717 g/mol. The molecule has 7 atom stereocenters. The number of para-hydroxylation sites is 1. The third-order valence-electron chi connectivity index (χ3n) is 10.7. The predicted molar refractivity (Wildman–Crippen MR) is 189 cm³/mol. The summed E-state index contributed by atoms with van der Waals surface area (Å²) < 4.78 is 34.3. The van der Waals surface area contributed by atoms with Crippen molar-refractivity contribution >= 4 is 55.5 Å². The molecule has 3 aromatic rings. The SMILES string of the molecule is C[C@H]1CC/C=C\[C@@H]2C[C@@]2(C(=O)NS(=O)(=O)C2CC2)NC(=O)[C@@H]2C[C@@H](Oc3nc4ccccc4c4ccccc34)CN2C(=O)[C@@H](NC(=O)O)[C@H](C)C1. The molecule has 4 aliphatic rings. The Morgan fingerprint density at radius 3 is 2.43 bits per heavy atom. The average Bonchev–Trinajstić information content (AvgIpc) is 4.02. The number of carbonyl (C=O) groups excluding carboxylic acids is 3. The van der Waals surface area contributed by atoms with Crippen LogP contribution in [0.15, 0.2) is 60.7 Å². The van der Waals surface area contributed by atoms with Gasteiger partial charge in [0.2, 0.25) is 27.7 Å². The highest BCUT2D eigenvalue weighted by Crippen LogP contribution is 2.46. The molecule has 4 N–H and O–H groups in total. The van der Waals surface area contributed by atoms with Gasteiger partial charge in [0.25, 0.3) is 5.91 Å². The Balaban J connectivity index is 1.24. The van der Waals surface area contributed by atoms with Crippen LogP contribution in [0.25, 0.3) is 21.7 Å². The molecule has 2 aliphatic carbocycles. The highest BCUT2D eigenvalue weighted by Gasteiger charge is 2.62. The number of hydrogen-bond donors (Lipinski definition) is 4. The summed E-state index contributed by atoms with van der Waals surface area (Å²) in [6, 6.07) is 13.0. The molecule has 2 aliphatic heterocycles. The van der Waals surface area contributed by atoms with Crippen molar-refractivity contribution in [1.29, 1.82) is 0 Å². The van der Waals surface area contributed by atoms with E-state index in [0.29, 0.717) is 37.1 Å². The molecule has 0 radical (unpaired) electrons. The molecule has 0 bridgehead atoms. The van der Waals surface area contributed by atoms with Crippen LogP contribution in [0.3, 0.4) is 0 Å². The van der Waals surface area contributed by atoms with E-state index in [0.717, 1.165) is 22.6 Å². The fourth-order valence-electron chi connectivity index (χ4n) is 7.75. The van der Waals surface area contributed by atoms with Gasteiger partial charge in [0.1, 0.15) is 23.7 Å². The number of carboxylic acid groups (broad SMARTS) is 1. The number of aromatic nitrogens is 1. The summed E-state index contributed by atoms with van der Waals surface area (Å²) in [6.07, 6.45) is 4.85. The Hall–Kier alpha value is -4.72. The Bertz CT molecular complexity index is 2030. The van der Waals surface area contributed by atoms with E-state index in [1.54, 1.807) is 0 Å². The van der Waals surface area contributed by atoms with Gasteiger partial charge in [-0.2, -0.15) is 0 Å². The zero-order valence-electron chi connectivity index (χ0n) is 28.6. The first-order valence-corrected chi connectivity index (χ1v) is 19.2. The molecule has 1 saturated heterocycles. The van der Waals surface area contributed by atoms with Crippen molar-refractivity contribution in [1.82, 2.24) is 25.2 Å². The second-order valence-electron chi connectivity index (χ2n) is 14.7. The summed E-state index contributed by atoms with van der Waals surface area (Å²) in [7, 11) is -3.90. The molecule has 3 fully saturated rings. The zero-order chi connectivity index (χ0) is 36.1. The van der Waals surface area contributed by atoms with Gasteiger partial charge in [0.05, 0.1) is 17.3 Å². The van der Waals surface area contributed by atoms with Crippen LogP contribution in [0.1, 0.15) is 58.8 Å². The molecule has 0 unspecified atom stereocenters. The lowest BCUT2D eigenvalue weighted by atomic mass is 9.88. The molecule has 2 saturated carbocycles. The normalized spacial score (nSPS) is 30.7. The van der Waals surface area contributed by atoms with E-state index in [9.17, 15) is 32.7 Å². The summed E-state index contributed by atoms with van der Waals surface area (Å²) >= 11 is 0. The van der Waals surface area contributed by atoms with Crippen molar-refractivity contribution in [3.8, 4) is 5.88 Å². The van der Waals surface area contributed by atoms with Crippen LogP contribution in [0.2, 0.25) is 0 Å². The van der Waals surface area contributed by atoms with Crippen LogP contribution in [-0.2, 0) is 24.4 Å². The number of rotatable bonds is 6. The number of pyridine rings is 1. The van der Waals surface area contributed by atoms with Crippen molar-refractivity contribution in [2.45, 2.75) is 87.8 Å². The van der Waals surface area contributed by atoms with Gasteiger partial charge in [-0.3, -0.25) is 19.1 Å². The van der Waals surface area contributed by atoms with E-state index in [2.05, 4.69) is 15.4 Å². The Kier molecular flexibility index (Phi) is 9.15. The first-order chi connectivity index (χ1) is 24.4. The van der Waals surface area contributed by atoms with Crippen LogP contribution >= 0.6 is 0 Å². The fraction of sp³-hybridized carbons (Fsp3) is 0.486. The summed E-state index contributed by atoms with van der Waals surface area (Å²) in [5.41, 5.74) is -0.805. The maximum Gasteiger partial charge on any atom is 0.405 e. The summed E-state index contributed by atoms with van der Waals surface area (Å²) in [6.45, 7) is 3.82. The van der Waals surface area contributed by atoms with Crippen molar-refractivity contribution in [2.75, 3.05) is 6.54 Å². The number of amides is 4. The minimum absolute atomic E-state index is 0.0313. The number of fused-ring (bicyclic) bond motifs is 5. The topological polar surface area (TPSA) is 184 Å². The molecular weight excluding hydrogens is 675 g/mol. The van der Waals surface area contributed by atoms with Gasteiger partial charge >= 0.3 is 6.09 Å². The molecule has 51 heavy (non-hydrogen) atoms. The summed E-state index contributed by atoms with van der Waals surface area (Å²) in [4.78, 5) is 60.5. The van der Waals surface area contributed by atoms with Crippen LogP contribution < -0.4 is 20.1 Å². The number of benzene rings is 2. The molecule has 1 aromatic heterocycles. The van der Waals surface area contributed by atoms with Gasteiger partial charge in [0, 0.05) is 23.1 Å². The van der Waals surface area contributed by atoms with Gasteiger partial charge in [-0.15, -0.1) is 0 Å². The molecule has 0 spiro atoms. The smallest absolute Gasteiger partial charge is 0.405 e. The van der Waals surface area contributed by atoms with E-state index in [1.807, 2.05) is 74.5 Å². The third kappa shape index (κ3) is 6.97. The molecule has 14 heteroatoms. The molecule has 4 amide bonds. The minimum atomic E-state index is -3.90. The van der Waals surface area contributed by atoms with Crippen molar-refractivity contribution in [3.05, 3.63) is 60.7 Å². The highest BCUT2D eigenvalue weighted by atomic mass is 32.2. The van der Waals surface area contributed by atoms with Gasteiger partial charge < -0.3 is 25.4 Å². The number of allylic oxidation sites excluding steroid dienone is 1. The van der Waals surface area contributed by atoms with Gasteiger partial charge in [-0.25, -0.2) is 18.2 Å². The minimum Gasteiger partial charge on any atom is -0.472 e. The van der Waals surface area contributed by atoms with Crippen molar-refractivity contribution in [3.63, 3.8) is 0 Å². The fourth-order valence-corrected chi connectivity index (χ4v) is 9.12. The van der Waals surface area contributed by atoms with Crippen molar-refractivity contribution in [2.24, 2.45) is 17.8 Å². The van der Waals surface area contributed by atoms with E-state index in [1.165, 1.54) is 4.90 Å². The zero-order valence-corrected chi connectivity index (χ0v) is 29.4. The molecule has 7 rings (SSSR count). The van der Waals surface area contributed by atoms with Gasteiger partial charge in [-0.05, 0) is 67.9 Å². The number of carbonyl (C=O) groups is 4. The molecular formula is C37H43N5O8S. The van der Waals surface area contributed by atoms with E-state index >= 15 is 0 Å². The van der Waals surface area contributed by atoms with Gasteiger partial charge in [-0.1, -0.05) is 62.4 Å². The molecule has 270 valence electrons. The lowest BCUT2D eigenvalue weighted by molar-refractivity contribution is -0.142. The maximum absolute atomic E-state index is 14.4. The van der Waals surface area contributed by atoms with E-state index in [-0.39, 0.29) is 25.3 Å². The van der Waals surface area contributed by atoms with Crippen LogP contribution in [0.5, 0.6) is 5.88 Å². The number of nitrogens with one attached hydrogen (secondary N) is 3. The van der Waals surface area contributed by atoms with E-state index in [4.69, 9.17) is 9.72 Å². The molecule has 3 heterocycles.